The van der Waals surface area contributed by atoms with E-state index in [1.54, 1.807) is 12.1 Å². The van der Waals surface area contributed by atoms with Crippen molar-refractivity contribution in [3.63, 3.8) is 0 Å². The molecule has 2 N–H and O–H groups in total. The molecular weight excluding hydrogens is 300 g/mol. The van der Waals surface area contributed by atoms with E-state index in [1.165, 1.54) is 19.3 Å². The number of anilines is 1. The van der Waals surface area contributed by atoms with Gasteiger partial charge in [0.15, 0.2) is 5.82 Å². The van der Waals surface area contributed by atoms with E-state index in [4.69, 9.17) is 0 Å². The van der Waals surface area contributed by atoms with Gasteiger partial charge in [0.1, 0.15) is 16.5 Å². The van der Waals surface area contributed by atoms with Crippen molar-refractivity contribution in [3.8, 4) is 0 Å². The molecule has 0 unspecified atom stereocenters. The van der Waals surface area contributed by atoms with Gasteiger partial charge in [-0.2, -0.15) is 0 Å². The highest BCUT2D eigenvalue weighted by molar-refractivity contribution is 7.92. The number of hydrogen-bond acceptors (Lipinski definition) is 4. The molecule has 0 atom stereocenters. The van der Waals surface area contributed by atoms with Crippen molar-refractivity contribution in [2.24, 2.45) is 0 Å². The summed E-state index contributed by atoms with van der Waals surface area (Å²) in [5.41, 5.74) is -0.332. The van der Waals surface area contributed by atoms with Gasteiger partial charge in [0.2, 0.25) is 0 Å². The van der Waals surface area contributed by atoms with Crippen molar-refractivity contribution in [2.75, 3.05) is 11.8 Å². The molecule has 0 bridgehead atoms. The van der Waals surface area contributed by atoms with Crippen LogP contribution in [0.3, 0.4) is 0 Å². The average Bonchev–Trinajstić information content (AvgIpc) is 2.43. The molecule has 1 aromatic heterocycles. The normalized spacial score (nSPS) is 11.4. The zero-order valence-corrected chi connectivity index (χ0v) is 11.9. The first kappa shape index (κ1) is 15.3. The van der Waals surface area contributed by atoms with Gasteiger partial charge in [0, 0.05) is 18.3 Å². The van der Waals surface area contributed by atoms with Crippen molar-refractivity contribution in [2.45, 2.75) is 11.4 Å². The summed E-state index contributed by atoms with van der Waals surface area (Å²) in [7, 11) is -2.68. The number of rotatable bonds is 5. The van der Waals surface area contributed by atoms with Gasteiger partial charge < -0.3 is 5.32 Å². The molecule has 0 radical (unpaired) electrons. The molecule has 21 heavy (non-hydrogen) atoms. The van der Waals surface area contributed by atoms with Gasteiger partial charge in [0.05, 0.1) is 0 Å². The Hall–Kier alpha value is -2.06. The summed E-state index contributed by atoms with van der Waals surface area (Å²) < 4.78 is 54.2. The van der Waals surface area contributed by atoms with Crippen LogP contribution in [0, 0.1) is 11.6 Å². The molecule has 0 spiro atoms. The molecule has 2 aromatic rings. The Morgan fingerprint density at radius 1 is 1.19 bits per heavy atom. The molecule has 0 amide bonds. The number of hydrogen-bond donors (Lipinski definition) is 2. The van der Waals surface area contributed by atoms with E-state index in [2.05, 4.69) is 15.0 Å². The summed E-state index contributed by atoms with van der Waals surface area (Å²) in [5, 5.41) is 2.59. The fourth-order valence-electron chi connectivity index (χ4n) is 1.74. The van der Waals surface area contributed by atoms with E-state index in [9.17, 15) is 17.2 Å². The standard InChI is InChI=1S/C13H13F2N3O2S/c1-16-8-9-10(14)5-6-11(13(9)15)21(19,20)18-12-4-2-3-7-17-12/h2-7,16H,8H2,1H3,(H,17,18). The summed E-state index contributed by atoms with van der Waals surface area (Å²) in [6.45, 7) is -0.120. The Bertz CT molecular complexity index is 737. The van der Waals surface area contributed by atoms with E-state index in [0.29, 0.717) is 0 Å². The topological polar surface area (TPSA) is 71.1 Å². The van der Waals surface area contributed by atoms with Crippen LogP contribution in [0.4, 0.5) is 14.6 Å². The largest absolute Gasteiger partial charge is 0.315 e. The van der Waals surface area contributed by atoms with Gasteiger partial charge in [-0.1, -0.05) is 6.07 Å². The monoisotopic (exact) mass is 313 g/mol. The van der Waals surface area contributed by atoms with Crippen LogP contribution in [-0.2, 0) is 16.6 Å². The van der Waals surface area contributed by atoms with E-state index in [0.717, 1.165) is 12.1 Å². The SMILES string of the molecule is CNCc1c(F)ccc(S(=O)(=O)Nc2ccccn2)c1F. The van der Waals surface area contributed by atoms with E-state index < -0.39 is 26.6 Å². The van der Waals surface area contributed by atoms with Crippen molar-refractivity contribution in [1.29, 1.82) is 0 Å². The minimum Gasteiger partial charge on any atom is -0.315 e. The number of halogens is 2. The quantitative estimate of drug-likeness (QED) is 0.884. The van der Waals surface area contributed by atoms with Crippen LogP contribution in [0.1, 0.15) is 5.56 Å². The highest BCUT2D eigenvalue weighted by atomic mass is 32.2. The van der Waals surface area contributed by atoms with Gasteiger partial charge in [0.25, 0.3) is 10.0 Å². The minimum atomic E-state index is -4.18. The van der Waals surface area contributed by atoms with Gasteiger partial charge in [-0.15, -0.1) is 0 Å². The first-order valence-corrected chi connectivity index (χ1v) is 7.49. The maximum atomic E-state index is 14.2. The molecule has 5 nitrogen and oxygen atoms in total. The second kappa shape index (κ2) is 6.15. The summed E-state index contributed by atoms with van der Waals surface area (Å²) >= 11 is 0. The Morgan fingerprint density at radius 2 is 1.95 bits per heavy atom. The zero-order valence-electron chi connectivity index (χ0n) is 11.1. The third-order valence-electron chi connectivity index (χ3n) is 2.70. The number of pyridine rings is 1. The lowest BCUT2D eigenvalue weighted by atomic mass is 10.2. The van der Waals surface area contributed by atoms with E-state index in [1.807, 2.05) is 0 Å². The van der Waals surface area contributed by atoms with Crippen molar-refractivity contribution in [1.82, 2.24) is 10.3 Å². The summed E-state index contributed by atoms with van der Waals surface area (Å²) in [5.74, 6) is -1.87. The van der Waals surface area contributed by atoms with Gasteiger partial charge in [-0.25, -0.2) is 22.2 Å². The van der Waals surface area contributed by atoms with Crippen LogP contribution in [-0.4, -0.2) is 20.4 Å². The fraction of sp³-hybridized carbons (Fsp3) is 0.154. The molecule has 0 saturated carbocycles. The molecule has 1 aromatic carbocycles. The number of benzene rings is 1. The van der Waals surface area contributed by atoms with Crippen molar-refractivity contribution >= 4 is 15.8 Å². The molecule has 1 heterocycles. The molecule has 0 aliphatic heterocycles. The minimum absolute atomic E-state index is 0.0522. The smallest absolute Gasteiger partial charge is 0.265 e. The fourth-order valence-corrected chi connectivity index (χ4v) is 2.85. The maximum absolute atomic E-state index is 14.2. The summed E-state index contributed by atoms with van der Waals surface area (Å²) in [6, 6.07) is 6.42. The Morgan fingerprint density at radius 3 is 2.57 bits per heavy atom. The number of aromatic nitrogens is 1. The second-order valence-electron chi connectivity index (χ2n) is 4.19. The van der Waals surface area contributed by atoms with Crippen LogP contribution in [0.25, 0.3) is 0 Å². The Balaban J connectivity index is 2.43. The Labute approximate surface area is 121 Å². The van der Waals surface area contributed by atoms with Crippen molar-refractivity contribution < 1.29 is 17.2 Å². The van der Waals surface area contributed by atoms with Crippen molar-refractivity contribution in [3.05, 3.63) is 53.7 Å². The summed E-state index contributed by atoms with van der Waals surface area (Å²) in [4.78, 5) is 3.17. The molecule has 0 aliphatic carbocycles. The highest BCUT2D eigenvalue weighted by Gasteiger charge is 2.23. The molecule has 0 fully saturated rings. The molecule has 112 valence electrons. The van der Waals surface area contributed by atoms with E-state index >= 15 is 0 Å². The number of sulfonamides is 1. The first-order valence-electron chi connectivity index (χ1n) is 6.01. The highest BCUT2D eigenvalue weighted by Crippen LogP contribution is 2.22. The number of nitrogens with zero attached hydrogens (tertiary/aromatic N) is 1. The second-order valence-corrected chi connectivity index (χ2v) is 5.84. The molecule has 0 aliphatic rings. The van der Waals surface area contributed by atoms with Crippen LogP contribution >= 0.6 is 0 Å². The van der Waals surface area contributed by atoms with Crippen LogP contribution in [0.5, 0.6) is 0 Å². The lowest BCUT2D eigenvalue weighted by molar-refractivity contribution is 0.522. The predicted molar refractivity (Wildman–Crippen MR) is 74.2 cm³/mol. The third kappa shape index (κ3) is 3.34. The van der Waals surface area contributed by atoms with Crippen LogP contribution in [0.2, 0.25) is 0 Å². The molecule has 0 saturated heterocycles. The lowest BCUT2D eigenvalue weighted by Crippen LogP contribution is -2.18. The molecule has 8 heteroatoms. The molecule has 2 rings (SSSR count). The zero-order chi connectivity index (χ0) is 15.5. The first-order chi connectivity index (χ1) is 9.95. The number of nitrogens with one attached hydrogen (secondary N) is 2. The molecular formula is C13H13F2N3O2S. The predicted octanol–water partition coefficient (Wildman–Crippen LogP) is 1.88. The van der Waals surface area contributed by atoms with Gasteiger partial charge in [-0.05, 0) is 31.3 Å². The summed E-state index contributed by atoms with van der Waals surface area (Å²) in [6.07, 6.45) is 1.39. The third-order valence-corrected chi connectivity index (χ3v) is 4.07. The van der Waals surface area contributed by atoms with Gasteiger partial charge >= 0.3 is 0 Å². The van der Waals surface area contributed by atoms with E-state index in [-0.39, 0.29) is 17.9 Å². The van der Waals surface area contributed by atoms with Crippen LogP contribution < -0.4 is 10.0 Å². The van der Waals surface area contributed by atoms with Gasteiger partial charge in [-0.3, -0.25) is 4.72 Å². The average molecular weight is 313 g/mol. The Kier molecular flexibility index (Phi) is 4.49. The lowest BCUT2D eigenvalue weighted by Gasteiger charge is -2.11. The maximum Gasteiger partial charge on any atom is 0.265 e. The van der Waals surface area contributed by atoms with Crippen LogP contribution in [0.15, 0.2) is 41.4 Å².